The summed E-state index contributed by atoms with van der Waals surface area (Å²) in [5.74, 6) is 2.15. The van der Waals surface area contributed by atoms with Crippen LogP contribution in [-0.4, -0.2) is 41.6 Å². The van der Waals surface area contributed by atoms with Crippen molar-refractivity contribution in [3.05, 3.63) is 0 Å². The smallest absolute Gasteiger partial charge is 0.240 e. The number of amides is 1. The number of carbonyl (C=O) groups is 1. The van der Waals surface area contributed by atoms with Gasteiger partial charge in [-0.05, 0) is 12.8 Å². The van der Waals surface area contributed by atoms with Crippen LogP contribution in [0.5, 0.6) is 0 Å². The van der Waals surface area contributed by atoms with Gasteiger partial charge in [0.25, 0.3) is 0 Å². The fourth-order valence-electron chi connectivity index (χ4n) is 1.44. The van der Waals surface area contributed by atoms with Gasteiger partial charge in [-0.3, -0.25) is 10.1 Å². The number of rotatable bonds is 2. The summed E-state index contributed by atoms with van der Waals surface area (Å²) in [6, 6.07) is 0.630. The zero-order valence-electron chi connectivity index (χ0n) is 7.25. The molecule has 1 N–H and O–H groups in total. The Morgan fingerprint density at radius 3 is 2.83 bits per heavy atom. The largest absolute Gasteiger partial charge is 0.341 e. The van der Waals surface area contributed by atoms with Crippen LogP contribution < -0.4 is 5.32 Å². The van der Waals surface area contributed by atoms with Crippen LogP contribution in [0.1, 0.15) is 12.8 Å². The molecule has 0 aromatic rings. The summed E-state index contributed by atoms with van der Waals surface area (Å²) in [5.41, 5.74) is 0. The fraction of sp³-hybridized carbons (Fsp3) is 0.875. The lowest BCUT2D eigenvalue weighted by molar-refractivity contribution is -0.131. The molecule has 4 heteroatoms. The van der Waals surface area contributed by atoms with Gasteiger partial charge in [0.2, 0.25) is 5.91 Å². The van der Waals surface area contributed by atoms with Crippen LogP contribution in [0.15, 0.2) is 0 Å². The van der Waals surface area contributed by atoms with E-state index in [1.165, 1.54) is 12.8 Å². The summed E-state index contributed by atoms with van der Waals surface area (Å²) in [6.45, 7) is 0. The van der Waals surface area contributed by atoms with Gasteiger partial charge in [0.05, 0.1) is 6.04 Å². The van der Waals surface area contributed by atoms with E-state index in [4.69, 9.17) is 0 Å². The van der Waals surface area contributed by atoms with Gasteiger partial charge in [-0.15, -0.1) is 11.8 Å². The van der Waals surface area contributed by atoms with Crippen molar-refractivity contribution in [2.24, 2.45) is 0 Å². The molecular weight excluding hydrogens is 172 g/mol. The maximum atomic E-state index is 11.7. The van der Waals surface area contributed by atoms with Gasteiger partial charge < -0.3 is 4.90 Å². The number of thioether (sulfide) groups is 1. The Labute approximate surface area is 76.9 Å². The quantitative estimate of drug-likeness (QED) is 0.672. The monoisotopic (exact) mass is 186 g/mol. The van der Waals surface area contributed by atoms with E-state index in [0.29, 0.717) is 6.04 Å². The second-order valence-electron chi connectivity index (χ2n) is 3.45. The average Bonchev–Trinajstić information content (AvgIpc) is 2.79. The van der Waals surface area contributed by atoms with Crippen LogP contribution in [-0.2, 0) is 4.79 Å². The van der Waals surface area contributed by atoms with Crippen molar-refractivity contribution in [3.63, 3.8) is 0 Å². The third kappa shape index (κ3) is 1.59. The molecule has 0 aromatic carbocycles. The van der Waals surface area contributed by atoms with E-state index >= 15 is 0 Å². The maximum absolute atomic E-state index is 11.7. The highest BCUT2D eigenvalue weighted by Gasteiger charge is 2.34. The van der Waals surface area contributed by atoms with E-state index in [1.807, 2.05) is 11.9 Å². The Balaban J connectivity index is 1.88. The van der Waals surface area contributed by atoms with Gasteiger partial charge >= 0.3 is 0 Å². The zero-order chi connectivity index (χ0) is 8.55. The van der Waals surface area contributed by atoms with Crippen molar-refractivity contribution < 1.29 is 4.79 Å². The van der Waals surface area contributed by atoms with Gasteiger partial charge in [0.15, 0.2) is 0 Å². The number of likely N-dealkylation sites (N-methyl/N-ethyl adjacent to an activating group) is 1. The minimum atomic E-state index is 0.0839. The Hall–Kier alpha value is -0.220. The molecule has 1 atom stereocenters. The molecule has 1 aliphatic carbocycles. The highest BCUT2D eigenvalue weighted by Crippen LogP contribution is 2.26. The molecule has 1 saturated heterocycles. The molecule has 1 amide bonds. The average molecular weight is 186 g/mol. The third-order valence-electron chi connectivity index (χ3n) is 2.46. The summed E-state index contributed by atoms with van der Waals surface area (Å²) in [5, 5.41) is 3.19. The normalized spacial score (nSPS) is 28.9. The van der Waals surface area contributed by atoms with Crippen LogP contribution >= 0.6 is 11.8 Å². The lowest BCUT2D eigenvalue weighted by atomic mass is 10.3. The van der Waals surface area contributed by atoms with Crippen LogP contribution in [0.3, 0.4) is 0 Å². The molecule has 2 aliphatic rings. The molecule has 12 heavy (non-hydrogen) atoms. The first-order valence-electron chi connectivity index (χ1n) is 4.37. The molecule has 2 rings (SSSR count). The minimum absolute atomic E-state index is 0.0839. The summed E-state index contributed by atoms with van der Waals surface area (Å²) in [4.78, 5) is 13.6. The van der Waals surface area contributed by atoms with Gasteiger partial charge in [-0.1, -0.05) is 0 Å². The number of hydrogen-bond donors (Lipinski definition) is 1. The molecule has 68 valence electrons. The second kappa shape index (κ2) is 3.26. The van der Waals surface area contributed by atoms with Gasteiger partial charge in [-0.25, -0.2) is 0 Å². The molecule has 2 fully saturated rings. The van der Waals surface area contributed by atoms with Crippen molar-refractivity contribution >= 4 is 17.7 Å². The lowest BCUT2D eigenvalue weighted by Gasteiger charge is -2.19. The molecule has 1 heterocycles. The summed E-state index contributed by atoms with van der Waals surface area (Å²) in [7, 11) is 1.92. The Kier molecular flexibility index (Phi) is 2.28. The van der Waals surface area contributed by atoms with Crippen LogP contribution in [0.25, 0.3) is 0 Å². The van der Waals surface area contributed by atoms with Crippen molar-refractivity contribution in [3.8, 4) is 0 Å². The SMILES string of the molecule is CN(C(=O)[C@@H]1CSCN1)C1CC1. The molecule has 0 spiro atoms. The molecule has 1 aliphatic heterocycles. The summed E-state index contributed by atoms with van der Waals surface area (Å²) < 4.78 is 0. The first kappa shape index (κ1) is 8.38. The number of nitrogens with zero attached hydrogens (tertiary/aromatic N) is 1. The topological polar surface area (TPSA) is 32.3 Å². The van der Waals surface area contributed by atoms with E-state index in [-0.39, 0.29) is 11.9 Å². The van der Waals surface area contributed by atoms with Crippen LogP contribution in [0.4, 0.5) is 0 Å². The highest BCUT2D eigenvalue weighted by molar-refractivity contribution is 7.99. The number of hydrogen-bond acceptors (Lipinski definition) is 3. The van der Waals surface area contributed by atoms with E-state index in [0.717, 1.165) is 11.6 Å². The van der Waals surface area contributed by atoms with Crippen molar-refractivity contribution in [2.45, 2.75) is 24.9 Å². The fourth-order valence-corrected chi connectivity index (χ4v) is 2.37. The predicted molar refractivity (Wildman–Crippen MR) is 50.0 cm³/mol. The van der Waals surface area contributed by atoms with Crippen molar-refractivity contribution in [1.29, 1.82) is 0 Å². The lowest BCUT2D eigenvalue weighted by Crippen LogP contribution is -2.43. The van der Waals surface area contributed by atoms with Crippen molar-refractivity contribution in [1.82, 2.24) is 10.2 Å². The minimum Gasteiger partial charge on any atom is -0.341 e. The molecular formula is C8H14N2OS. The van der Waals surface area contributed by atoms with Crippen molar-refractivity contribution in [2.75, 3.05) is 18.7 Å². The highest BCUT2D eigenvalue weighted by atomic mass is 32.2. The van der Waals surface area contributed by atoms with Crippen LogP contribution in [0, 0.1) is 0 Å². The van der Waals surface area contributed by atoms with Gasteiger partial charge in [0, 0.05) is 24.7 Å². The van der Waals surface area contributed by atoms with Gasteiger partial charge in [0.1, 0.15) is 0 Å². The standard InChI is InChI=1S/C8H14N2OS/c1-10(6-2-3-6)8(11)7-4-12-5-9-7/h6-7,9H,2-5H2,1H3/t7-/m0/s1. The third-order valence-corrected chi connectivity index (χ3v) is 3.40. The van der Waals surface area contributed by atoms with E-state index in [9.17, 15) is 4.79 Å². The second-order valence-corrected chi connectivity index (χ2v) is 4.48. The van der Waals surface area contributed by atoms with E-state index in [1.54, 1.807) is 11.8 Å². The predicted octanol–water partition coefficient (Wildman–Crippen LogP) is 0.270. The van der Waals surface area contributed by atoms with E-state index < -0.39 is 0 Å². The molecule has 0 bridgehead atoms. The molecule has 0 aromatic heterocycles. The first-order chi connectivity index (χ1) is 5.79. The Morgan fingerprint density at radius 2 is 2.33 bits per heavy atom. The summed E-state index contributed by atoms with van der Waals surface area (Å²) >= 11 is 1.80. The number of nitrogens with one attached hydrogen (secondary N) is 1. The molecule has 0 unspecified atom stereocenters. The maximum Gasteiger partial charge on any atom is 0.240 e. The molecule has 0 radical (unpaired) electrons. The van der Waals surface area contributed by atoms with Crippen LogP contribution in [0.2, 0.25) is 0 Å². The zero-order valence-corrected chi connectivity index (χ0v) is 8.06. The number of carbonyl (C=O) groups excluding carboxylic acids is 1. The van der Waals surface area contributed by atoms with E-state index in [2.05, 4.69) is 5.32 Å². The Morgan fingerprint density at radius 1 is 1.58 bits per heavy atom. The molecule has 1 saturated carbocycles. The summed E-state index contributed by atoms with van der Waals surface area (Å²) in [6.07, 6.45) is 2.39. The molecule has 3 nitrogen and oxygen atoms in total. The van der Waals surface area contributed by atoms with Gasteiger partial charge in [-0.2, -0.15) is 0 Å². The first-order valence-corrected chi connectivity index (χ1v) is 5.52. The Bertz CT molecular complexity index is 183.